The first-order valence-electron chi connectivity index (χ1n) is 11.5. The van der Waals surface area contributed by atoms with E-state index in [-0.39, 0.29) is 10.5 Å². The first-order valence-corrected chi connectivity index (χ1v) is 14.8. The van der Waals surface area contributed by atoms with Crippen molar-refractivity contribution in [2.75, 3.05) is 17.6 Å². The molecule has 6 nitrogen and oxygen atoms in total. The van der Waals surface area contributed by atoms with Crippen LogP contribution >= 0.6 is 23.1 Å². The lowest BCUT2D eigenvalue weighted by atomic mass is 9.86. The number of hydrogen-bond donors (Lipinski definition) is 2. The van der Waals surface area contributed by atoms with Crippen LogP contribution in [0.3, 0.4) is 0 Å². The van der Waals surface area contributed by atoms with Crippen LogP contribution in [-0.4, -0.2) is 31.7 Å². The Labute approximate surface area is 208 Å². The highest BCUT2D eigenvalue weighted by molar-refractivity contribution is 7.99. The molecular weight excluding hydrogens is 485 g/mol. The van der Waals surface area contributed by atoms with Crippen molar-refractivity contribution in [3.05, 3.63) is 59.0 Å². The molecule has 2 aromatic carbocycles. The Morgan fingerprint density at radius 2 is 1.82 bits per heavy atom. The third-order valence-corrected chi connectivity index (χ3v) is 10.1. The number of nitriles is 1. The first-order chi connectivity index (χ1) is 16.5. The van der Waals surface area contributed by atoms with Crippen LogP contribution < -0.4 is 10.0 Å². The minimum Gasteiger partial charge on any atom is -0.359 e. The summed E-state index contributed by atoms with van der Waals surface area (Å²) in [6.45, 7) is 0.398. The van der Waals surface area contributed by atoms with E-state index >= 15 is 0 Å². The zero-order valence-electron chi connectivity index (χ0n) is 18.7. The summed E-state index contributed by atoms with van der Waals surface area (Å²) < 4.78 is 28.1. The maximum absolute atomic E-state index is 12.7. The second kappa shape index (κ2) is 10.1. The molecule has 1 aliphatic carbocycles. The first kappa shape index (κ1) is 23.4. The van der Waals surface area contributed by atoms with Gasteiger partial charge in [-0.1, -0.05) is 30.3 Å². The molecule has 2 N–H and O–H groups in total. The lowest BCUT2D eigenvalue weighted by molar-refractivity contribution is 0.337. The number of benzene rings is 2. The molecule has 0 radical (unpaired) electrons. The predicted octanol–water partition coefficient (Wildman–Crippen LogP) is 5.28. The molecule has 0 atom stereocenters. The Morgan fingerprint density at radius 3 is 2.65 bits per heavy atom. The number of thiazole rings is 1. The molecule has 1 saturated carbocycles. The molecule has 1 aromatic heterocycles. The summed E-state index contributed by atoms with van der Waals surface area (Å²) in [6, 6.07) is 17.1. The average Bonchev–Trinajstić information content (AvgIpc) is 3.17. The molecular formula is C25H26N4O2S3. The number of thioether (sulfide) groups is 1. The smallest absolute Gasteiger partial charge is 0.241 e. The third-order valence-electron chi connectivity index (χ3n) is 6.46. The molecule has 176 valence electrons. The fourth-order valence-electron chi connectivity index (χ4n) is 4.62. The van der Waals surface area contributed by atoms with E-state index in [2.05, 4.69) is 34.3 Å². The average molecular weight is 511 g/mol. The van der Waals surface area contributed by atoms with Gasteiger partial charge in [0.15, 0.2) is 5.13 Å². The predicted molar refractivity (Wildman–Crippen MR) is 138 cm³/mol. The second-order valence-corrected chi connectivity index (χ2v) is 12.7. The van der Waals surface area contributed by atoms with Crippen LogP contribution in [-0.2, 0) is 16.4 Å². The minimum atomic E-state index is -3.69. The highest BCUT2D eigenvalue weighted by atomic mass is 32.2. The van der Waals surface area contributed by atoms with E-state index in [4.69, 9.17) is 4.98 Å². The van der Waals surface area contributed by atoms with Crippen LogP contribution in [0.1, 0.15) is 36.1 Å². The molecule has 0 bridgehead atoms. The number of rotatable bonds is 6. The quantitative estimate of drug-likeness (QED) is 0.469. The van der Waals surface area contributed by atoms with Crippen LogP contribution in [0.15, 0.2) is 58.3 Å². The molecule has 5 rings (SSSR count). The van der Waals surface area contributed by atoms with Gasteiger partial charge >= 0.3 is 0 Å². The standard InChI is InChI=1S/C25H26N4O2S3/c26-15-18-5-1-4-8-23(18)34(30,31)27-16-17-9-11-19(12-10-17)28-25-29-24-20-6-2-3-7-21(20)32-14-13-22(24)33-25/h1-8,17,19,27H,9-14,16H2,(H,28,29). The number of nitrogens with one attached hydrogen (secondary N) is 2. The monoisotopic (exact) mass is 510 g/mol. The van der Waals surface area contributed by atoms with Crippen molar-refractivity contribution in [3.8, 4) is 17.3 Å². The van der Waals surface area contributed by atoms with Crippen LogP contribution in [0.25, 0.3) is 11.3 Å². The summed E-state index contributed by atoms with van der Waals surface area (Å²) in [5, 5.41) is 13.8. The number of sulfonamides is 1. The van der Waals surface area contributed by atoms with Crippen LogP contribution in [0.4, 0.5) is 5.13 Å². The number of nitrogens with zero attached hydrogens (tertiary/aromatic N) is 2. The fraction of sp³-hybridized carbons (Fsp3) is 0.360. The summed E-state index contributed by atoms with van der Waals surface area (Å²) in [4.78, 5) is 7.66. The van der Waals surface area contributed by atoms with Gasteiger partial charge in [-0.15, -0.1) is 23.1 Å². The molecule has 34 heavy (non-hydrogen) atoms. The maximum Gasteiger partial charge on any atom is 0.241 e. The normalized spacial score (nSPS) is 20.0. The van der Waals surface area contributed by atoms with Gasteiger partial charge in [0, 0.05) is 33.7 Å². The van der Waals surface area contributed by atoms with Crippen molar-refractivity contribution in [2.45, 2.75) is 47.9 Å². The fourth-order valence-corrected chi connectivity index (χ4v) is 8.09. The van der Waals surface area contributed by atoms with Gasteiger partial charge in [0.05, 0.1) is 16.2 Å². The van der Waals surface area contributed by atoms with Crippen LogP contribution in [0.2, 0.25) is 0 Å². The SMILES string of the molecule is N#Cc1ccccc1S(=O)(=O)NCC1CCC(Nc2nc3c(s2)CCSc2ccccc2-3)CC1. The summed E-state index contributed by atoms with van der Waals surface area (Å²) in [5.74, 6) is 1.37. The third kappa shape index (κ3) is 5.01. The van der Waals surface area contributed by atoms with Gasteiger partial charge in [-0.3, -0.25) is 0 Å². The summed E-state index contributed by atoms with van der Waals surface area (Å²) >= 11 is 3.67. The summed E-state index contributed by atoms with van der Waals surface area (Å²) in [5.41, 5.74) is 2.53. The molecule has 0 amide bonds. The Bertz CT molecular complexity index is 1320. The highest BCUT2D eigenvalue weighted by Crippen LogP contribution is 2.41. The van der Waals surface area contributed by atoms with Gasteiger partial charge < -0.3 is 5.32 Å². The van der Waals surface area contributed by atoms with E-state index < -0.39 is 10.0 Å². The Balaban J connectivity index is 1.17. The van der Waals surface area contributed by atoms with E-state index in [0.29, 0.717) is 18.5 Å². The molecule has 0 unspecified atom stereocenters. The lowest BCUT2D eigenvalue weighted by Crippen LogP contribution is -2.34. The van der Waals surface area contributed by atoms with Crippen molar-refractivity contribution in [1.29, 1.82) is 5.26 Å². The second-order valence-electron chi connectivity index (χ2n) is 8.71. The Morgan fingerprint density at radius 1 is 1.06 bits per heavy atom. The van der Waals surface area contributed by atoms with Gasteiger partial charge in [-0.25, -0.2) is 18.1 Å². The van der Waals surface area contributed by atoms with Crippen LogP contribution in [0.5, 0.6) is 0 Å². The molecule has 2 heterocycles. The van der Waals surface area contributed by atoms with Crippen molar-refractivity contribution in [2.24, 2.45) is 5.92 Å². The van der Waals surface area contributed by atoms with Crippen molar-refractivity contribution in [1.82, 2.24) is 9.71 Å². The Hall–Kier alpha value is -2.38. The van der Waals surface area contributed by atoms with Crippen LogP contribution in [0, 0.1) is 17.2 Å². The van der Waals surface area contributed by atoms with Gasteiger partial charge in [0.1, 0.15) is 6.07 Å². The van der Waals surface area contributed by atoms with E-state index in [1.807, 2.05) is 17.8 Å². The van der Waals surface area contributed by atoms with Crippen molar-refractivity contribution in [3.63, 3.8) is 0 Å². The molecule has 9 heteroatoms. The van der Waals surface area contributed by atoms with E-state index in [1.165, 1.54) is 27.5 Å². The van der Waals surface area contributed by atoms with Crippen molar-refractivity contribution < 1.29 is 8.42 Å². The molecule has 1 aliphatic heterocycles. The van der Waals surface area contributed by atoms with E-state index in [0.717, 1.165) is 48.7 Å². The number of fused-ring (bicyclic) bond motifs is 3. The maximum atomic E-state index is 12.7. The molecule has 2 aliphatic rings. The van der Waals surface area contributed by atoms with E-state index in [9.17, 15) is 13.7 Å². The van der Waals surface area contributed by atoms with Gasteiger partial charge in [0.2, 0.25) is 10.0 Å². The van der Waals surface area contributed by atoms with Gasteiger partial charge in [0.25, 0.3) is 0 Å². The zero-order valence-corrected chi connectivity index (χ0v) is 21.1. The largest absolute Gasteiger partial charge is 0.359 e. The summed E-state index contributed by atoms with van der Waals surface area (Å²) in [7, 11) is -3.69. The van der Waals surface area contributed by atoms with E-state index in [1.54, 1.807) is 23.5 Å². The molecule has 0 saturated heterocycles. The number of anilines is 1. The van der Waals surface area contributed by atoms with Gasteiger partial charge in [-0.2, -0.15) is 5.26 Å². The highest BCUT2D eigenvalue weighted by Gasteiger charge is 2.26. The number of aryl methyl sites for hydroxylation is 1. The van der Waals surface area contributed by atoms with Gasteiger partial charge in [-0.05, 0) is 56.2 Å². The zero-order chi connectivity index (χ0) is 23.5. The molecule has 0 spiro atoms. The molecule has 1 fully saturated rings. The van der Waals surface area contributed by atoms with Crippen molar-refractivity contribution >= 4 is 38.3 Å². The Kier molecular flexibility index (Phi) is 6.93. The number of hydrogen-bond acceptors (Lipinski definition) is 7. The topological polar surface area (TPSA) is 94.9 Å². The molecule has 3 aromatic rings. The lowest BCUT2D eigenvalue weighted by Gasteiger charge is -2.29. The summed E-state index contributed by atoms with van der Waals surface area (Å²) in [6.07, 6.45) is 4.90. The number of aromatic nitrogens is 1. The minimum absolute atomic E-state index is 0.0522.